The Morgan fingerprint density at radius 2 is 2.05 bits per heavy atom. The minimum Gasteiger partial charge on any atom is -0.464 e. The molecule has 1 saturated heterocycles. The molecule has 0 unspecified atom stereocenters. The van der Waals surface area contributed by atoms with Gasteiger partial charge in [0.1, 0.15) is 12.1 Å². The Bertz CT molecular complexity index is 515. The van der Waals surface area contributed by atoms with Crippen LogP contribution in [-0.2, 0) is 14.3 Å². The van der Waals surface area contributed by atoms with E-state index in [1.54, 1.807) is 37.3 Å². The van der Waals surface area contributed by atoms with E-state index >= 15 is 0 Å². The topological polar surface area (TPSA) is 84.5 Å². The van der Waals surface area contributed by atoms with Gasteiger partial charge in [-0.15, -0.1) is 0 Å². The predicted molar refractivity (Wildman–Crippen MR) is 70.9 cm³/mol. The van der Waals surface area contributed by atoms with E-state index in [1.807, 2.05) is 0 Å². The lowest BCUT2D eigenvalue weighted by Gasteiger charge is -2.10. The second-order valence-electron chi connectivity index (χ2n) is 4.44. The number of benzene rings is 1. The third kappa shape index (κ3) is 3.14. The summed E-state index contributed by atoms with van der Waals surface area (Å²) >= 11 is 0. The molecule has 2 rings (SSSR count). The van der Waals surface area contributed by atoms with Gasteiger partial charge >= 0.3 is 5.97 Å². The molecule has 0 aromatic heterocycles. The fourth-order valence-corrected chi connectivity index (χ4v) is 2.03. The quantitative estimate of drug-likeness (QED) is 0.771. The van der Waals surface area contributed by atoms with Crippen molar-refractivity contribution in [1.82, 2.24) is 10.6 Å². The number of carbonyl (C=O) groups excluding carboxylic acids is 3. The number of esters is 1. The molecule has 1 aliphatic rings. The Hall–Kier alpha value is -2.37. The molecule has 0 bridgehead atoms. The summed E-state index contributed by atoms with van der Waals surface area (Å²) in [6, 6.07) is 7.20. The van der Waals surface area contributed by atoms with Gasteiger partial charge in [0.05, 0.1) is 6.61 Å². The Morgan fingerprint density at radius 3 is 2.70 bits per heavy atom. The molecule has 1 aliphatic heterocycles. The summed E-state index contributed by atoms with van der Waals surface area (Å²) < 4.78 is 4.85. The minimum absolute atomic E-state index is 0.205. The summed E-state index contributed by atoms with van der Waals surface area (Å²) in [5, 5.41) is 5.13. The van der Waals surface area contributed by atoms with Crippen LogP contribution in [-0.4, -0.2) is 36.5 Å². The summed E-state index contributed by atoms with van der Waals surface area (Å²) in [7, 11) is 0. The zero-order valence-electron chi connectivity index (χ0n) is 11.1. The first-order valence-electron chi connectivity index (χ1n) is 6.44. The molecule has 1 fully saturated rings. The molecule has 2 atom stereocenters. The SMILES string of the molecule is CCOC(=O)[C@@H]1C[C@@H](NC(=O)c2ccccc2)C(=O)N1. The molecule has 0 radical (unpaired) electrons. The van der Waals surface area contributed by atoms with E-state index in [2.05, 4.69) is 10.6 Å². The second-order valence-corrected chi connectivity index (χ2v) is 4.44. The highest BCUT2D eigenvalue weighted by Crippen LogP contribution is 2.11. The Kier molecular flexibility index (Phi) is 4.34. The summed E-state index contributed by atoms with van der Waals surface area (Å²) in [5.74, 6) is -1.18. The van der Waals surface area contributed by atoms with Crippen LogP contribution in [0, 0.1) is 0 Å². The molecule has 2 amide bonds. The standard InChI is InChI=1S/C14H16N2O4/c1-2-20-14(19)11-8-10(13(18)16-11)15-12(17)9-6-4-3-5-7-9/h3-7,10-11H,2,8H2,1H3,(H,15,17)(H,16,18)/t10-,11+/m1/s1. The predicted octanol–water partition coefficient (Wildman–Crippen LogP) is 0.237. The minimum atomic E-state index is -0.711. The number of amides is 2. The van der Waals surface area contributed by atoms with Crippen LogP contribution in [0.3, 0.4) is 0 Å². The maximum Gasteiger partial charge on any atom is 0.328 e. The Labute approximate surface area is 116 Å². The first-order valence-corrected chi connectivity index (χ1v) is 6.44. The Morgan fingerprint density at radius 1 is 1.35 bits per heavy atom. The van der Waals surface area contributed by atoms with Crippen LogP contribution in [0.2, 0.25) is 0 Å². The maximum absolute atomic E-state index is 11.9. The van der Waals surface area contributed by atoms with E-state index in [9.17, 15) is 14.4 Å². The van der Waals surface area contributed by atoms with Gasteiger partial charge in [0.2, 0.25) is 5.91 Å². The number of hydrogen-bond acceptors (Lipinski definition) is 4. The van der Waals surface area contributed by atoms with Crippen molar-refractivity contribution in [2.45, 2.75) is 25.4 Å². The van der Waals surface area contributed by atoms with Gasteiger partial charge < -0.3 is 15.4 Å². The lowest BCUT2D eigenvalue weighted by atomic mass is 10.1. The van der Waals surface area contributed by atoms with Gasteiger partial charge in [-0.3, -0.25) is 9.59 Å². The van der Waals surface area contributed by atoms with Crippen molar-refractivity contribution in [3.63, 3.8) is 0 Å². The average molecular weight is 276 g/mol. The van der Waals surface area contributed by atoms with Gasteiger partial charge in [0, 0.05) is 12.0 Å². The molecule has 106 valence electrons. The molecule has 1 aromatic carbocycles. The zero-order valence-corrected chi connectivity index (χ0v) is 11.1. The van der Waals surface area contributed by atoms with Crippen molar-refractivity contribution in [2.75, 3.05) is 6.61 Å². The molecule has 0 aliphatic carbocycles. The van der Waals surface area contributed by atoms with Crippen molar-refractivity contribution in [3.8, 4) is 0 Å². The molecule has 2 N–H and O–H groups in total. The Balaban J connectivity index is 1.96. The van der Waals surface area contributed by atoms with Crippen molar-refractivity contribution in [1.29, 1.82) is 0 Å². The fourth-order valence-electron chi connectivity index (χ4n) is 2.03. The van der Waals surface area contributed by atoms with E-state index in [4.69, 9.17) is 4.74 Å². The maximum atomic E-state index is 11.9. The number of carbonyl (C=O) groups is 3. The lowest BCUT2D eigenvalue weighted by Crippen LogP contribution is -2.40. The highest BCUT2D eigenvalue weighted by Gasteiger charge is 2.37. The van der Waals surface area contributed by atoms with Gasteiger partial charge in [0.25, 0.3) is 5.91 Å². The van der Waals surface area contributed by atoms with Crippen LogP contribution >= 0.6 is 0 Å². The largest absolute Gasteiger partial charge is 0.464 e. The first-order chi connectivity index (χ1) is 9.61. The van der Waals surface area contributed by atoms with Crippen LogP contribution in [0.15, 0.2) is 30.3 Å². The van der Waals surface area contributed by atoms with Crippen LogP contribution in [0.4, 0.5) is 0 Å². The first kappa shape index (κ1) is 14.0. The average Bonchev–Trinajstić information content (AvgIpc) is 2.81. The van der Waals surface area contributed by atoms with E-state index in [-0.39, 0.29) is 24.8 Å². The monoisotopic (exact) mass is 276 g/mol. The van der Waals surface area contributed by atoms with Gasteiger partial charge in [-0.2, -0.15) is 0 Å². The summed E-state index contributed by atoms with van der Waals surface area (Å²) in [5.41, 5.74) is 0.472. The van der Waals surface area contributed by atoms with Crippen LogP contribution < -0.4 is 10.6 Å². The van der Waals surface area contributed by atoms with Gasteiger partial charge in [-0.25, -0.2) is 4.79 Å². The molecule has 0 spiro atoms. The van der Waals surface area contributed by atoms with E-state index < -0.39 is 18.1 Å². The summed E-state index contributed by atoms with van der Waals surface area (Å²) in [6.07, 6.45) is 0.205. The van der Waals surface area contributed by atoms with Crippen LogP contribution in [0.25, 0.3) is 0 Å². The van der Waals surface area contributed by atoms with Crippen molar-refractivity contribution >= 4 is 17.8 Å². The molecule has 6 nitrogen and oxygen atoms in total. The molecule has 1 aromatic rings. The van der Waals surface area contributed by atoms with E-state index in [1.165, 1.54) is 0 Å². The number of ether oxygens (including phenoxy) is 1. The number of hydrogen-bond donors (Lipinski definition) is 2. The third-order valence-corrected chi connectivity index (χ3v) is 3.02. The molecule has 20 heavy (non-hydrogen) atoms. The van der Waals surface area contributed by atoms with Crippen molar-refractivity contribution < 1.29 is 19.1 Å². The summed E-state index contributed by atoms with van der Waals surface area (Å²) in [4.78, 5) is 35.2. The number of rotatable bonds is 4. The molecular weight excluding hydrogens is 260 g/mol. The lowest BCUT2D eigenvalue weighted by molar-refractivity contribution is -0.145. The van der Waals surface area contributed by atoms with Crippen molar-refractivity contribution in [3.05, 3.63) is 35.9 Å². The van der Waals surface area contributed by atoms with Gasteiger partial charge in [-0.1, -0.05) is 18.2 Å². The smallest absolute Gasteiger partial charge is 0.328 e. The van der Waals surface area contributed by atoms with Crippen molar-refractivity contribution in [2.24, 2.45) is 0 Å². The molecule has 0 saturated carbocycles. The second kappa shape index (κ2) is 6.18. The molecular formula is C14H16N2O4. The number of nitrogens with one attached hydrogen (secondary N) is 2. The van der Waals surface area contributed by atoms with Crippen LogP contribution in [0.5, 0.6) is 0 Å². The van der Waals surface area contributed by atoms with Gasteiger partial charge in [-0.05, 0) is 19.1 Å². The fraction of sp³-hybridized carbons (Fsp3) is 0.357. The third-order valence-electron chi connectivity index (χ3n) is 3.02. The molecule has 1 heterocycles. The normalized spacial score (nSPS) is 21.1. The zero-order chi connectivity index (χ0) is 14.5. The van der Waals surface area contributed by atoms with E-state index in [0.29, 0.717) is 5.56 Å². The highest BCUT2D eigenvalue weighted by atomic mass is 16.5. The highest BCUT2D eigenvalue weighted by molar-refractivity contribution is 5.99. The van der Waals surface area contributed by atoms with Gasteiger partial charge in [0.15, 0.2) is 0 Å². The van der Waals surface area contributed by atoms with Crippen LogP contribution in [0.1, 0.15) is 23.7 Å². The summed E-state index contributed by atoms with van der Waals surface area (Å²) in [6.45, 7) is 1.95. The molecule has 6 heteroatoms. The van der Waals surface area contributed by atoms with E-state index in [0.717, 1.165) is 0 Å².